The second kappa shape index (κ2) is 9.48. The highest BCUT2D eigenvalue weighted by Gasteiger charge is 2.31. The smallest absolute Gasteiger partial charge is 0.278 e. The fraction of sp³-hybridized carbons (Fsp3) is 0.217. The van der Waals surface area contributed by atoms with Gasteiger partial charge in [-0.3, -0.25) is 24.3 Å². The van der Waals surface area contributed by atoms with Crippen LogP contribution in [0.2, 0.25) is 0 Å². The molecular weight excluding hydrogens is 456 g/mol. The summed E-state index contributed by atoms with van der Waals surface area (Å²) in [5.41, 5.74) is 6.62. The number of amidine groups is 1. The number of hydrogen-bond acceptors (Lipinski definition) is 6. The molecule has 1 atom stereocenters. The molecule has 1 amide bonds. The molecule has 10 nitrogen and oxygen atoms in total. The Bertz CT molecular complexity index is 1390. The van der Waals surface area contributed by atoms with Gasteiger partial charge in [0.2, 0.25) is 15.9 Å². The van der Waals surface area contributed by atoms with E-state index in [9.17, 15) is 18.0 Å². The van der Waals surface area contributed by atoms with E-state index < -0.39 is 21.6 Å². The highest BCUT2D eigenvalue weighted by atomic mass is 32.2. The van der Waals surface area contributed by atoms with Crippen molar-refractivity contribution in [2.24, 2.45) is 5.73 Å². The van der Waals surface area contributed by atoms with Gasteiger partial charge in [-0.2, -0.15) is 0 Å². The Morgan fingerprint density at radius 3 is 2.50 bits per heavy atom. The number of nitrogens with one attached hydrogen (secondary N) is 3. The normalized spacial score (nSPS) is 14.9. The van der Waals surface area contributed by atoms with Gasteiger partial charge in [-0.1, -0.05) is 54.6 Å². The number of rotatable bonds is 8. The van der Waals surface area contributed by atoms with Crippen LogP contribution in [0, 0.1) is 5.41 Å². The van der Waals surface area contributed by atoms with Gasteiger partial charge in [0.1, 0.15) is 23.4 Å². The fourth-order valence-corrected chi connectivity index (χ4v) is 5.01. The van der Waals surface area contributed by atoms with E-state index in [1.54, 1.807) is 54.6 Å². The third-order valence-corrected chi connectivity index (χ3v) is 6.77. The van der Waals surface area contributed by atoms with Crippen LogP contribution in [-0.2, 0) is 33.5 Å². The molecule has 34 heavy (non-hydrogen) atoms. The Morgan fingerprint density at radius 1 is 1.12 bits per heavy atom. The van der Waals surface area contributed by atoms with Crippen LogP contribution in [0.15, 0.2) is 65.6 Å². The van der Waals surface area contributed by atoms with Crippen molar-refractivity contribution in [2.45, 2.75) is 31.2 Å². The van der Waals surface area contributed by atoms with Crippen molar-refractivity contribution in [3.63, 3.8) is 0 Å². The molecule has 1 aromatic heterocycles. The zero-order chi connectivity index (χ0) is 24.3. The maximum Gasteiger partial charge on any atom is 0.278 e. The molecule has 2 heterocycles. The summed E-state index contributed by atoms with van der Waals surface area (Å²) in [6.45, 7) is 0.231. The summed E-state index contributed by atoms with van der Waals surface area (Å²) in [5, 5.41) is 10.2. The van der Waals surface area contributed by atoms with E-state index in [0.29, 0.717) is 29.8 Å². The van der Waals surface area contributed by atoms with Crippen molar-refractivity contribution in [1.29, 1.82) is 5.41 Å². The summed E-state index contributed by atoms with van der Waals surface area (Å²) in [6.07, 6.45) is 2.02. The number of hydrogen-bond donors (Lipinski definition) is 4. The molecule has 4 rings (SSSR count). The lowest BCUT2D eigenvalue weighted by molar-refractivity contribution is -0.124. The minimum Gasteiger partial charge on any atom is -0.384 e. The molecule has 0 saturated heterocycles. The Kier molecular flexibility index (Phi) is 6.46. The van der Waals surface area contributed by atoms with Crippen molar-refractivity contribution in [1.82, 2.24) is 14.9 Å². The lowest BCUT2D eigenvalue weighted by Crippen LogP contribution is -2.36. The molecule has 0 bridgehead atoms. The Morgan fingerprint density at radius 2 is 1.82 bits per heavy atom. The highest BCUT2D eigenvalue weighted by Crippen LogP contribution is 2.23. The van der Waals surface area contributed by atoms with Crippen molar-refractivity contribution in [2.75, 3.05) is 4.72 Å². The number of sulfonamides is 1. The number of amides is 1. The first kappa shape index (κ1) is 23.2. The number of nitrogens with two attached hydrogens (primary N) is 1. The standard InChI is InChI=1S/C23H24N6O4S/c24-21(25)17-8-6-15(7-9-17)12-27-22(30)19-10-11-20-26-13-18(23(31)29(19)20)28-34(32,33)14-16-4-2-1-3-5-16/h1-9,13,19,28H,10-12,14H2,(H3,24,25)(H,27,30)/t19-/m0/s1. The highest BCUT2D eigenvalue weighted by molar-refractivity contribution is 7.91. The van der Waals surface area contributed by atoms with Crippen LogP contribution in [0.5, 0.6) is 0 Å². The van der Waals surface area contributed by atoms with Crippen molar-refractivity contribution >= 4 is 27.5 Å². The Hall–Kier alpha value is -3.99. The second-order valence-electron chi connectivity index (χ2n) is 7.99. The van der Waals surface area contributed by atoms with Crippen LogP contribution < -0.4 is 21.3 Å². The van der Waals surface area contributed by atoms with Crippen LogP contribution in [0.4, 0.5) is 5.69 Å². The minimum absolute atomic E-state index is 0.0415. The number of nitrogen functional groups attached to an aromatic ring is 1. The molecule has 11 heteroatoms. The first-order valence-electron chi connectivity index (χ1n) is 10.6. The zero-order valence-corrected chi connectivity index (χ0v) is 19.0. The fourth-order valence-electron chi connectivity index (χ4n) is 3.83. The van der Waals surface area contributed by atoms with Gasteiger partial charge in [0.15, 0.2) is 0 Å². The largest absolute Gasteiger partial charge is 0.384 e. The van der Waals surface area contributed by atoms with Gasteiger partial charge < -0.3 is 11.1 Å². The third kappa shape index (κ3) is 5.15. The molecule has 1 aliphatic rings. The van der Waals surface area contributed by atoms with Gasteiger partial charge in [-0.15, -0.1) is 0 Å². The zero-order valence-electron chi connectivity index (χ0n) is 18.2. The maximum absolute atomic E-state index is 13.1. The number of carbonyl (C=O) groups excluding carboxylic acids is 1. The van der Waals surface area contributed by atoms with Crippen LogP contribution in [0.1, 0.15) is 35.0 Å². The number of benzene rings is 2. The monoisotopic (exact) mass is 480 g/mol. The number of aromatic nitrogens is 2. The SMILES string of the molecule is N=C(N)c1ccc(CNC(=O)[C@@H]2CCc3ncc(NS(=O)(=O)Cc4ccccc4)c(=O)n32)cc1. The molecule has 0 aliphatic carbocycles. The van der Waals surface area contributed by atoms with E-state index in [-0.39, 0.29) is 29.7 Å². The predicted octanol–water partition coefficient (Wildman–Crippen LogP) is 1.27. The molecule has 176 valence electrons. The van der Waals surface area contributed by atoms with Gasteiger partial charge in [0.25, 0.3) is 5.56 Å². The van der Waals surface area contributed by atoms with Crippen LogP contribution >= 0.6 is 0 Å². The number of nitrogens with zero attached hydrogens (tertiary/aromatic N) is 2. The van der Waals surface area contributed by atoms with E-state index >= 15 is 0 Å². The first-order chi connectivity index (χ1) is 16.2. The number of aryl methyl sites for hydroxylation is 1. The second-order valence-corrected chi connectivity index (χ2v) is 9.72. The van der Waals surface area contributed by atoms with E-state index in [4.69, 9.17) is 11.1 Å². The van der Waals surface area contributed by atoms with E-state index in [0.717, 1.165) is 5.56 Å². The van der Waals surface area contributed by atoms with Gasteiger partial charge in [-0.05, 0) is 17.5 Å². The number of fused-ring (bicyclic) bond motifs is 1. The topological polar surface area (TPSA) is 160 Å². The molecule has 5 N–H and O–H groups in total. The summed E-state index contributed by atoms with van der Waals surface area (Å²) in [7, 11) is -3.85. The Labute approximate surface area is 196 Å². The maximum atomic E-state index is 13.1. The summed E-state index contributed by atoms with van der Waals surface area (Å²) < 4.78 is 28.7. The molecule has 3 aromatic rings. The summed E-state index contributed by atoms with van der Waals surface area (Å²) in [4.78, 5) is 30.1. The van der Waals surface area contributed by atoms with Crippen molar-refractivity contribution in [3.05, 3.63) is 93.7 Å². The average Bonchev–Trinajstić information content (AvgIpc) is 3.25. The van der Waals surface area contributed by atoms with Crippen LogP contribution in [-0.4, -0.2) is 29.7 Å². The molecule has 1 aliphatic heterocycles. The lowest BCUT2D eigenvalue weighted by Gasteiger charge is -2.16. The molecule has 0 saturated carbocycles. The first-order valence-corrected chi connectivity index (χ1v) is 12.2. The van der Waals surface area contributed by atoms with Crippen LogP contribution in [0.3, 0.4) is 0 Å². The molecule has 0 unspecified atom stereocenters. The van der Waals surface area contributed by atoms with Gasteiger partial charge in [-0.25, -0.2) is 13.4 Å². The molecule has 0 radical (unpaired) electrons. The average molecular weight is 481 g/mol. The number of anilines is 1. The van der Waals surface area contributed by atoms with E-state index in [1.807, 2.05) is 0 Å². The predicted molar refractivity (Wildman–Crippen MR) is 128 cm³/mol. The van der Waals surface area contributed by atoms with Gasteiger partial charge in [0, 0.05) is 18.5 Å². The lowest BCUT2D eigenvalue weighted by atomic mass is 10.1. The van der Waals surface area contributed by atoms with Crippen LogP contribution in [0.25, 0.3) is 0 Å². The van der Waals surface area contributed by atoms with Crippen molar-refractivity contribution < 1.29 is 13.2 Å². The minimum atomic E-state index is -3.85. The van der Waals surface area contributed by atoms with Gasteiger partial charge in [0.05, 0.1) is 11.9 Å². The quantitative estimate of drug-likeness (QED) is 0.281. The van der Waals surface area contributed by atoms with Crippen molar-refractivity contribution in [3.8, 4) is 0 Å². The molecule has 2 aromatic carbocycles. The third-order valence-electron chi connectivity index (χ3n) is 5.52. The van der Waals surface area contributed by atoms with E-state index in [1.165, 1.54) is 10.8 Å². The number of carbonyl (C=O) groups is 1. The molecule has 0 fully saturated rings. The summed E-state index contributed by atoms with van der Waals surface area (Å²) in [5.74, 6) is -0.258. The summed E-state index contributed by atoms with van der Waals surface area (Å²) >= 11 is 0. The molecular formula is C23H24N6O4S. The van der Waals surface area contributed by atoms with E-state index in [2.05, 4.69) is 15.0 Å². The molecule has 0 spiro atoms. The summed E-state index contributed by atoms with van der Waals surface area (Å²) in [6, 6.07) is 14.7. The van der Waals surface area contributed by atoms with Gasteiger partial charge >= 0.3 is 0 Å². The Balaban J connectivity index is 1.48.